The Morgan fingerprint density at radius 1 is 1.05 bits per heavy atom. The molecule has 4 saturated carbocycles. The van der Waals surface area contributed by atoms with Gasteiger partial charge in [-0.2, -0.15) is 0 Å². The fourth-order valence-electron chi connectivity index (χ4n) is 5.59. The summed E-state index contributed by atoms with van der Waals surface area (Å²) in [5.74, 6) is 3.91. The van der Waals surface area contributed by atoms with Gasteiger partial charge < -0.3 is 10.5 Å². The first kappa shape index (κ1) is 11.6. The van der Waals surface area contributed by atoms with E-state index < -0.39 is 0 Å². The van der Waals surface area contributed by atoms with Gasteiger partial charge in [0.05, 0.1) is 7.11 Å². The Labute approximate surface area is 115 Å². The van der Waals surface area contributed by atoms with E-state index in [4.69, 9.17) is 10.5 Å². The Balaban J connectivity index is 1.79. The molecule has 4 aliphatic carbocycles. The Hall–Kier alpha value is -1.18. The third-order valence-electron chi connectivity index (χ3n) is 5.84. The molecule has 1 aromatic rings. The summed E-state index contributed by atoms with van der Waals surface area (Å²) in [5.41, 5.74) is 8.56. The Morgan fingerprint density at radius 3 is 2.16 bits per heavy atom. The number of hydrogen-bond acceptors (Lipinski definition) is 2. The number of benzene rings is 1. The summed E-state index contributed by atoms with van der Waals surface area (Å²) in [5, 5.41) is 0. The van der Waals surface area contributed by atoms with Crippen molar-refractivity contribution in [2.75, 3.05) is 12.8 Å². The van der Waals surface area contributed by atoms with Gasteiger partial charge in [-0.05, 0) is 67.8 Å². The molecule has 19 heavy (non-hydrogen) atoms. The zero-order chi connectivity index (χ0) is 13.0. The second-order valence-corrected chi connectivity index (χ2v) is 7.16. The predicted octanol–water partition coefficient (Wildman–Crippen LogP) is 3.75. The standard InChI is InChI=1S/C17H23NO/c1-19-16-7-14(18)2-3-15(16)17-8-11-4-12(9-17)6-13(5-11)10-17/h2-3,7,11-13H,4-6,8-10,18H2,1H3. The molecule has 4 aliphatic rings. The van der Waals surface area contributed by atoms with Crippen LogP contribution in [0, 0.1) is 17.8 Å². The maximum absolute atomic E-state index is 5.91. The average Bonchev–Trinajstić information content (AvgIpc) is 2.36. The van der Waals surface area contributed by atoms with Crippen molar-refractivity contribution in [3.63, 3.8) is 0 Å². The molecule has 0 radical (unpaired) electrons. The highest BCUT2D eigenvalue weighted by Crippen LogP contribution is 2.61. The van der Waals surface area contributed by atoms with E-state index in [-0.39, 0.29) is 0 Å². The van der Waals surface area contributed by atoms with Crippen LogP contribution >= 0.6 is 0 Å². The lowest BCUT2D eigenvalue weighted by atomic mass is 9.48. The Morgan fingerprint density at radius 2 is 1.63 bits per heavy atom. The topological polar surface area (TPSA) is 35.2 Å². The van der Waals surface area contributed by atoms with Gasteiger partial charge in [-0.25, -0.2) is 0 Å². The first-order valence-corrected chi connectivity index (χ1v) is 7.62. The van der Waals surface area contributed by atoms with Gasteiger partial charge >= 0.3 is 0 Å². The molecule has 0 saturated heterocycles. The summed E-state index contributed by atoms with van der Waals surface area (Å²) >= 11 is 0. The maximum atomic E-state index is 5.91. The quantitative estimate of drug-likeness (QED) is 0.819. The van der Waals surface area contributed by atoms with E-state index in [0.717, 1.165) is 29.2 Å². The van der Waals surface area contributed by atoms with Crippen molar-refractivity contribution >= 4 is 5.69 Å². The molecule has 0 aromatic heterocycles. The van der Waals surface area contributed by atoms with Gasteiger partial charge in [0.2, 0.25) is 0 Å². The molecule has 0 aliphatic heterocycles. The van der Waals surface area contributed by atoms with Crippen molar-refractivity contribution in [2.24, 2.45) is 17.8 Å². The van der Waals surface area contributed by atoms with Gasteiger partial charge in [-0.15, -0.1) is 0 Å². The molecule has 4 fully saturated rings. The molecule has 4 bridgehead atoms. The van der Waals surface area contributed by atoms with Crippen molar-refractivity contribution in [3.05, 3.63) is 23.8 Å². The molecule has 2 N–H and O–H groups in total. The lowest BCUT2D eigenvalue weighted by Gasteiger charge is -2.57. The van der Waals surface area contributed by atoms with Gasteiger partial charge in [0.1, 0.15) is 5.75 Å². The molecule has 102 valence electrons. The number of nitrogen functional groups attached to an aromatic ring is 1. The van der Waals surface area contributed by atoms with Gasteiger partial charge in [-0.3, -0.25) is 0 Å². The minimum Gasteiger partial charge on any atom is -0.496 e. The summed E-state index contributed by atoms with van der Waals surface area (Å²) in [6.45, 7) is 0. The number of rotatable bonds is 2. The van der Waals surface area contributed by atoms with Crippen LogP contribution in [0.15, 0.2) is 18.2 Å². The first-order valence-electron chi connectivity index (χ1n) is 7.62. The van der Waals surface area contributed by atoms with E-state index in [9.17, 15) is 0 Å². The molecule has 5 rings (SSSR count). The van der Waals surface area contributed by atoms with Crippen LogP contribution in [0.25, 0.3) is 0 Å². The third kappa shape index (κ3) is 1.69. The molecule has 0 amide bonds. The second kappa shape index (κ2) is 3.91. The molecular formula is C17H23NO. The van der Waals surface area contributed by atoms with Gasteiger partial charge in [-0.1, -0.05) is 6.07 Å². The van der Waals surface area contributed by atoms with Crippen molar-refractivity contribution in [1.29, 1.82) is 0 Å². The van der Waals surface area contributed by atoms with Crippen molar-refractivity contribution in [2.45, 2.75) is 43.9 Å². The second-order valence-electron chi connectivity index (χ2n) is 7.16. The smallest absolute Gasteiger partial charge is 0.124 e. The molecule has 2 nitrogen and oxygen atoms in total. The first-order chi connectivity index (χ1) is 9.18. The number of hydrogen-bond donors (Lipinski definition) is 1. The molecule has 0 heterocycles. The Kier molecular flexibility index (Phi) is 2.39. The van der Waals surface area contributed by atoms with E-state index in [2.05, 4.69) is 12.1 Å². The summed E-state index contributed by atoms with van der Waals surface area (Å²) < 4.78 is 5.64. The highest BCUT2D eigenvalue weighted by atomic mass is 16.5. The number of methoxy groups -OCH3 is 1. The summed E-state index contributed by atoms with van der Waals surface area (Å²) in [4.78, 5) is 0. The predicted molar refractivity (Wildman–Crippen MR) is 77.3 cm³/mol. The minimum absolute atomic E-state index is 0.397. The van der Waals surface area contributed by atoms with Crippen LogP contribution in [0.5, 0.6) is 5.75 Å². The van der Waals surface area contributed by atoms with Crippen LogP contribution < -0.4 is 10.5 Å². The summed E-state index contributed by atoms with van der Waals surface area (Å²) in [6, 6.07) is 6.30. The highest BCUT2D eigenvalue weighted by Gasteiger charge is 2.52. The largest absolute Gasteiger partial charge is 0.496 e. The number of ether oxygens (including phenoxy) is 1. The average molecular weight is 257 g/mol. The molecule has 0 spiro atoms. The van der Waals surface area contributed by atoms with E-state index >= 15 is 0 Å². The van der Waals surface area contributed by atoms with Crippen molar-refractivity contribution in [3.8, 4) is 5.75 Å². The van der Waals surface area contributed by atoms with E-state index in [1.54, 1.807) is 7.11 Å². The molecular weight excluding hydrogens is 234 g/mol. The highest BCUT2D eigenvalue weighted by molar-refractivity contribution is 5.51. The fraction of sp³-hybridized carbons (Fsp3) is 0.647. The fourth-order valence-corrected chi connectivity index (χ4v) is 5.59. The van der Waals surface area contributed by atoms with Crippen molar-refractivity contribution in [1.82, 2.24) is 0 Å². The zero-order valence-corrected chi connectivity index (χ0v) is 11.7. The number of nitrogens with two attached hydrogens (primary N) is 1. The van der Waals surface area contributed by atoms with Crippen LogP contribution in [-0.2, 0) is 5.41 Å². The minimum atomic E-state index is 0.397. The van der Waals surface area contributed by atoms with Crippen LogP contribution in [0.3, 0.4) is 0 Å². The van der Waals surface area contributed by atoms with Crippen LogP contribution in [0.1, 0.15) is 44.1 Å². The third-order valence-corrected chi connectivity index (χ3v) is 5.84. The summed E-state index contributed by atoms with van der Waals surface area (Å²) in [6.07, 6.45) is 8.57. The van der Waals surface area contributed by atoms with Crippen LogP contribution in [0.2, 0.25) is 0 Å². The molecule has 0 unspecified atom stereocenters. The number of anilines is 1. The monoisotopic (exact) mass is 257 g/mol. The molecule has 2 heteroatoms. The zero-order valence-electron chi connectivity index (χ0n) is 11.7. The van der Waals surface area contributed by atoms with E-state index in [1.807, 2.05) is 6.07 Å². The molecule has 1 aromatic carbocycles. The van der Waals surface area contributed by atoms with E-state index in [1.165, 1.54) is 44.1 Å². The maximum Gasteiger partial charge on any atom is 0.124 e. The Bertz CT molecular complexity index is 473. The van der Waals surface area contributed by atoms with Gasteiger partial charge in [0.15, 0.2) is 0 Å². The van der Waals surface area contributed by atoms with Crippen LogP contribution in [0.4, 0.5) is 5.69 Å². The van der Waals surface area contributed by atoms with Gasteiger partial charge in [0.25, 0.3) is 0 Å². The lowest BCUT2D eigenvalue weighted by molar-refractivity contribution is -0.00614. The SMILES string of the molecule is COc1cc(N)ccc1C12CC3CC(CC(C3)C1)C2. The van der Waals surface area contributed by atoms with Gasteiger partial charge in [0, 0.05) is 17.3 Å². The van der Waals surface area contributed by atoms with Crippen molar-refractivity contribution < 1.29 is 4.74 Å². The van der Waals surface area contributed by atoms with Crippen LogP contribution in [-0.4, -0.2) is 7.11 Å². The molecule has 0 atom stereocenters. The normalized spacial score (nSPS) is 39.5. The lowest BCUT2D eigenvalue weighted by Crippen LogP contribution is -2.48. The summed E-state index contributed by atoms with van der Waals surface area (Å²) in [7, 11) is 1.78. The van der Waals surface area contributed by atoms with E-state index in [0.29, 0.717) is 5.41 Å².